The summed E-state index contributed by atoms with van der Waals surface area (Å²) in [5.74, 6) is 0. The summed E-state index contributed by atoms with van der Waals surface area (Å²) >= 11 is 0. The van der Waals surface area contributed by atoms with Crippen LogP contribution in [0.3, 0.4) is 0 Å². The minimum Gasteiger partial charge on any atom is -0.394 e. The molecular weight excluding hydrogens is 226 g/mol. The number of hydrogen-bond acceptors (Lipinski definition) is 3. The van der Waals surface area contributed by atoms with E-state index < -0.39 is 0 Å². The highest BCUT2D eigenvalue weighted by Crippen LogP contribution is 2.20. The predicted octanol–water partition coefficient (Wildman–Crippen LogP) is 2.97. The fraction of sp³-hybridized carbons (Fsp3) is 1.00. The molecule has 0 heterocycles. The van der Waals surface area contributed by atoms with Crippen molar-refractivity contribution in [3.8, 4) is 0 Å². The number of ether oxygens (including phenoxy) is 1. The van der Waals surface area contributed by atoms with Crippen molar-refractivity contribution in [1.29, 1.82) is 0 Å². The summed E-state index contributed by atoms with van der Waals surface area (Å²) < 4.78 is 5.84. The third-order valence-electron chi connectivity index (χ3n) is 3.14. The Kier molecular flexibility index (Phi) is 8.08. The summed E-state index contributed by atoms with van der Waals surface area (Å²) in [6.07, 6.45) is 3.16. The van der Waals surface area contributed by atoms with Crippen LogP contribution in [0.15, 0.2) is 0 Å². The lowest BCUT2D eigenvalue weighted by Crippen LogP contribution is -2.48. The zero-order chi connectivity index (χ0) is 14.2. The van der Waals surface area contributed by atoms with Gasteiger partial charge in [0.25, 0.3) is 0 Å². The van der Waals surface area contributed by atoms with Gasteiger partial charge in [0.2, 0.25) is 0 Å². The van der Waals surface area contributed by atoms with Gasteiger partial charge in [0.1, 0.15) is 0 Å². The van der Waals surface area contributed by atoms with Crippen LogP contribution < -0.4 is 5.32 Å². The lowest BCUT2D eigenvalue weighted by molar-refractivity contribution is 0.0173. The highest BCUT2D eigenvalue weighted by molar-refractivity contribution is 4.84. The summed E-state index contributed by atoms with van der Waals surface area (Å²) in [6.45, 7) is 14.8. The Morgan fingerprint density at radius 2 is 1.83 bits per heavy atom. The maximum atomic E-state index is 9.50. The summed E-state index contributed by atoms with van der Waals surface area (Å²) in [5, 5.41) is 12.9. The SMILES string of the molecule is CCCNC(C)(CO)CC(C)OCCC(C)(C)C. The average molecular weight is 259 g/mol. The fourth-order valence-corrected chi connectivity index (χ4v) is 1.88. The van der Waals surface area contributed by atoms with E-state index in [0.29, 0.717) is 5.41 Å². The quantitative estimate of drug-likeness (QED) is 0.669. The normalized spacial score (nSPS) is 17.5. The van der Waals surface area contributed by atoms with Gasteiger partial charge in [-0.05, 0) is 45.1 Å². The summed E-state index contributed by atoms with van der Waals surface area (Å²) in [4.78, 5) is 0. The number of aliphatic hydroxyl groups excluding tert-OH is 1. The second-order valence-corrected chi connectivity index (χ2v) is 6.84. The van der Waals surface area contributed by atoms with Gasteiger partial charge in [0, 0.05) is 12.1 Å². The van der Waals surface area contributed by atoms with E-state index in [4.69, 9.17) is 4.74 Å². The summed E-state index contributed by atoms with van der Waals surface area (Å²) in [7, 11) is 0. The van der Waals surface area contributed by atoms with Crippen molar-refractivity contribution in [2.24, 2.45) is 5.41 Å². The number of hydrogen-bond donors (Lipinski definition) is 2. The summed E-state index contributed by atoms with van der Waals surface area (Å²) in [6, 6.07) is 0. The Bertz CT molecular complexity index is 213. The number of nitrogens with one attached hydrogen (secondary N) is 1. The third kappa shape index (κ3) is 8.90. The van der Waals surface area contributed by atoms with E-state index >= 15 is 0 Å². The molecule has 0 radical (unpaired) electrons. The first-order chi connectivity index (χ1) is 8.22. The Morgan fingerprint density at radius 1 is 1.22 bits per heavy atom. The van der Waals surface area contributed by atoms with Crippen molar-refractivity contribution < 1.29 is 9.84 Å². The van der Waals surface area contributed by atoms with Crippen LogP contribution in [-0.2, 0) is 4.74 Å². The Balaban J connectivity index is 3.99. The molecular formula is C15H33NO2. The van der Waals surface area contributed by atoms with E-state index in [2.05, 4.69) is 46.9 Å². The van der Waals surface area contributed by atoms with Gasteiger partial charge in [0.05, 0.1) is 12.7 Å². The largest absolute Gasteiger partial charge is 0.394 e. The van der Waals surface area contributed by atoms with Crippen LogP contribution >= 0.6 is 0 Å². The predicted molar refractivity (Wildman–Crippen MR) is 77.9 cm³/mol. The zero-order valence-corrected chi connectivity index (χ0v) is 13.2. The van der Waals surface area contributed by atoms with Gasteiger partial charge in [-0.15, -0.1) is 0 Å². The van der Waals surface area contributed by atoms with Gasteiger partial charge in [0.15, 0.2) is 0 Å². The molecule has 0 saturated heterocycles. The molecule has 0 aliphatic carbocycles. The molecule has 0 rings (SSSR count). The molecule has 2 unspecified atom stereocenters. The van der Waals surface area contributed by atoms with Gasteiger partial charge >= 0.3 is 0 Å². The molecule has 0 aromatic carbocycles. The standard InChI is InChI=1S/C15H33NO2/c1-7-9-16-15(6,12-17)11-13(2)18-10-8-14(3,4)5/h13,16-17H,7-12H2,1-6H3. The van der Waals surface area contributed by atoms with Crippen LogP contribution in [-0.4, -0.2) is 36.5 Å². The maximum Gasteiger partial charge on any atom is 0.0611 e. The first-order valence-corrected chi connectivity index (χ1v) is 7.20. The van der Waals surface area contributed by atoms with E-state index in [0.717, 1.165) is 32.4 Å². The molecule has 3 nitrogen and oxygen atoms in total. The van der Waals surface area contributed by atoms with Crippen molar-refractivity contribution in [2.45, 2.75) is 72.4 Å². The number of aliphatic hydroxyl groups is 1. The fourth-order valence-electron chi connectivity index (χ4n) is 1.88. The third-order valence-corrected chi connectivity index (χ3v) is 3.14. The molecule has 0 spiro atoms. The lowest BCUT2D eigenvalue weighted by Gasteiger charge is -2.32. The van der Waals surface area contributed by atoms with Crippen LogP contribution in [0.5, 0.6) is 0 Å². The van der Waals surface area contributed by atoms with Crippen molar-refractivity contribution >= 4 is 0 Å². The molecule has 0 aromatic rings. The van der Waals surface area contributed by atoms with Gasteiger partial charge in [-0.25, -0.2) is 0 Å². The zero-order valence-electron chi connectivity index (χ0n) is 13.2. The number of rotatable bonds is 9. The smallest absolute Gasteiger partial charge is 0.0611 e. The molecule has 0 bridgehead atoms. The Morgan fingerprint density at radius 3 is 2.28 bits per heavy atom. The molecule has 0 saturated carbocycles. The Hall–Kier alpha value is -0.120. The molecule has 2 N–H and O–H groups in total. The molecule has 3 heteroatoms. The first-order valence-electron chi connectivity index (χ1n) is 7.20. The van der Waals surface area contributed by atoms with E-state index in [1.165, 1.54) is 0 Å². The van der Waals surface area contributed by atoms with Gasteiger partial charge < -0.3 is 15.2 Å². The average Bonchev–Trinajstić information content (AvgIpc) is 2.24. The maximum absolute atomic E-state index is 9.50. The van der Waals surface area contributed by atoms with Crippen molar-refractivity contribution in [3.63, 3.8) is 0 Å². The summed E-state index contributed by atoms with van der Waals surface area (Å²) in [5.41, 5.74) is 0.0949. The second-order valence-electron chi connectivity index (χ2n) is 6.84. The first kappa shape index (κ1) is 17.9. The van der Waals surface area contributed by atoms with Crippen LogP contribution in [0, 0.1) is 5.41 Å². The van der Waals surface area contributed by atoms with Crippen LogP contribution in [0.25, 0.3) is 0 Å². The Labute approximate surface area is 113 Å². The second kappa shape index (κ2) is 8.13. The van der Waals surface area contributed by atoms with Gasteiger partial charge in [-0.3, -0.25) is 0 Å². The molecule has 110 valence electrons. The topological polar surface area (TPSA) is 41.5 Å². The lowest BCUT2D eigenvalue weighted by atomic mass is 9.92. The van der Waals surface area contributed by atoms with Crippen LogP contribution in [0.4, 0.5) is 0 Å². The molecule has 2 atom stereocenters. The molecule has 0 aliphatic heterocycles. The minimum absolute atomic E-state index is 0.153. The molecule has 0 aliphatic rings. The van der Waals surface area contributed by atoms with Crippen molar-refractivity contribution in [3.05, 3.63) is 0 Å². The van der Waals surface area contributed by atoms with Crippen LogP contribution in [0.1, 0.15) is 60.8 Å². The highest BCUT2D eigenvalue weighted by atomic mass is 16.5. The van der Waals surface area contributed by atoms with E-state index in [1.807, 2.05) is 0 Å². The highest BCUT2D eigenvalue weighted by Gasteiger charge is 2.25. The van der Waals surface area contributed by atoms with Crippen molar-refractivity contribution in [1.82, 2.24) is 5.32 Å². The molecule has 0 fully saturated rings. The van der Waals surface area contributed by atoms with Gasteiger partial charge in [-0.2, -0.15) is 0 Å². The van der Waals surface area contributed by atoms with E-state index in [9.17, 15) is 5.11 Å². The van der Waals surface area contributed by atoms with Crippen LogP contribution in [0.2, 0.25) is 0 Å². The molecule has 0 aromatic heterocycles. The molecule has 0 amide bonds. The van der Waals surface area contributed by atoms with Crippen molar-refractivity contribution in [2.75, 3.05) is 19.8 Å². The van der Waals surface area contributed by atoms with E-state index in [1.54, 1.807) is 0 Å². The monoisotopic (exact) mass is 259 g/mol. The molecule has 18 heavy (non-hydrogen) atoms. The minimum atomic E-state index is -0.225. The van der Waals surface area contributed by atoms with Gasteiger partial charge in [-0.1, -0.05) is 27.7 Å². The van der Waals surface area contributed by atoms with E-state index in [-0.39, 0.29) is 18.2 Å².